The Labute approximate surface area is 105 Å². The molecule has 1 heterocycles. The normalized spacial score (nSPS) is 16.6. The first kappa shape index (κ1) is 12.0. The molecule has 1 unspecified atom stereocenters. The van der Waals surface area contributed by atoms with Gasteiger partial charge in [0.1, 0.15) is 11.1 Å². The van der Waals surface area contributed by atoms with Crippen molar-refractivity contribution in [1.29, 1.82) is 0 Å². The van der Waals surface area contributed by atoms with Crippen molar-refractivity contribution < 1.29 is 14.6 Å². The molecule has 0 amide bonds. The molecular formula is C12H14ClNO3. The summed E-state index contributed by atoms with van der Waals surface area (Å²) in [6.07, 6.45) is 0.859. The van der Waals surface area contributed by atoms with Crippen LogP contribution in [0.3, 0.4) is 0 Å². The minimum absolute atomic E-state index is 0.289. The Morgan fingerprint density at radius 1 is 1.53 bits per heavy atom. The average Bonchev–Trinajstić information content (AvgIpc) is 2.52. The molecule has 1 aliphatic rings. The number of fused-ring (bicyclic) bond motifs is 1. The lowest BCUT2D eigenvalue weighted by atomic mass is 10.2. The van der Waals surface area contributed by atoms with Crippen LogP contribution in [0.25, 0.3) is 0 Å². The molecule has 1 atom stereocenters. The summed E-state index contributed by atoms with van der Waals surface area (Å²) >= 11 is 5.79. The van der Waals surface area contributed by atoms with Gasteiger partial charge in [-0.2, -0.15) is 0 Å². The van der Waals surface area contributed by atoms with E-state index in [1.54, 1.807) is 0 Å². The minimum atomic E-state index is -0.991. The fraction of sp³-hybridized carbons (Fsp3) is 0.417. The number of alkyl halides is 1. The molecule has 0 bridgehead atoms. The number of carboxylic acids is 1. The summed E-state index contributed by atoms with van der Waals surface area (Å²) in [4.78, 5) is 12.7. The largest absolute Gasteiger partial charge is 0.491 e. The molecule has 92 valence electrons. The predicted octanol–water partition coefficient (Wildman–Crippen LogP) is 1.97. The van der Waals surface area contributed by atoms with Gasteiger partial charge in [-0.25, -0.2) is 0 Å². The van der Waals surface area contributed by atoms with Gasteiger partial charge >= 0.3 is 5.97 Å². The highest BCUT2D eigenvalue weighted by molar-refractivity contribution is 6.30. The maximum atomic E-state index is 10.8. The molecule has 0 spiro atoms. The van der Waals surface area contributed by atoms with E-state index < -0.39 is 11.3 Å². The molecule has 0 saturated heterocycles. The second-order valence-electron chi connectivity index (χ2n) is 3.92. The third-order valence-electron chi connectivity index (χ3n) is 2.68. The molecular weight excluding hydrogens is 242 g/mol. The van der Waals surface area contributed by atoms with Gasteiger partial charge in [0, 0.05) is 13.1 Å². The van der Waals surface area contributed by atoms with E-state index >= 15 is 0 Å². The number of benzene rings is 1. The highest BCUT2D eigenvalue weighted by Crippen LogP contribution is 2.30. The number of aliphatic carboxylic acids is 1. The lowest BCUT2D eigenvalue weighted by Crippen LogP contribution is -2.34. The Morgan fingerprint density at radius 2 is 2.29 bits per heavy atom. The number of carboxylic acid groups (broad SMARTS) is 1. The number of hydrogen-bond donors (Lipinski definition) is 1. The summed E-state index contributed by atoms with van der Waals surface area (Å²) in [6, 6.07) is 7.62. The minimum Gasteiger partial charge on any atom is -0.491 e. The van der Waals surface area contributed by atoms with Crippen LogP contribution in [-0.4, -0.2) is 36.1 Å². The Balaban J connectivity index is 2.20. The van der Waals surface area contributed by atoms with Crippen molar-refractivity contribution in [3.63, 3.8) is 0 Å². The third-order valence-corrected chi connectivity index (χ3v) is 3.01. The van der Waals surface area contributed by atoms with Crippen LogP contribution in [0.2, 0.25) is 0 Å². The monoisotopic (exact) mass is 255 g/mol. The zero-order valence-corrected chi connectivity index (χ0v) is 10.1. The number of halogens is 1. The molecule has 1 aliphatic heterocycles. The number of carbonyl (C=O) groups is 1. The van der Waals surface area contributed by atoms with Crippen molar-refractivity contribution in [3.05, 3.63) is 24.3 Å². The molecule has 5 heteroatoms. The van der Waals surface area contributed by atoms with Crippen molar-refractivity contribution >= 4 is 23.3 Å². The number of ether oxygens (including phenoxy) is 1. The Kier molecular flexibility index (Phi) is 3.74. The summed E-state index contributed by atoms with van der Waals surface area (Å²) < 4.78 is 5.59. The Hall–Kier alpha value is -1.42. The van der Waals surface area contributed by atoms with Crippen LogP contribution in [-0.2, 0) is 4.79 Å². The van der Waals surface area contributed by atoms with Crippen LogP contribution in [0.1, 0.15) is 6.42 Å². The number of para-hydroxylation sites is 2. The van der Waals surface area contributed by atoms with Crippen molar-refractivity contribution in [2.75, 3.05) is 24.6 Å². The summed E-state index contributed by atoms with van der Waals surface area (Å²) in [5, 5.41) is 7.94. The smallest absolute Gasteiger partial charge is 0.323 e. The Bertz CT molecular complexity index is 410. The van der Waals surface area contributed by atoms with E-state index in [1.807, 2.05) is 29.2 Å². The molecule has 1 aromatic carbocycles. The maximum absolute atomic E-state index is 10.8. The first-order valence-electron chi connectivity index (χ1n) is 5.52. The Morgan fingerprint density at radius 3 is 3.06 bits per heavy atom. The summed E-state index contributed by atoms with van der Waals surface area (Å²) in [5.74, 6) is -0.200. The zero-order chi connectivity index (χ0) is 12.3. The molecule has 0 fully saturated rings. The molecule has 0 saturated carbocycles. The van der Waals surface area contributed by atoms with Crippen LogP contribution in [0.5, 0.6) is 5.75 Å². The lowest BCUT2D eigenvalue weighted by Gasteiger charge is -2.24. The van der Waals surface area contributed by atoms with Gasteiger partial charge in [0.05, 0.1) is 12.3 Å². The van der Waals surface area contributed by atoms with Gasteiger partial charge in [0.25, 0.3) is 0 Å². The summed E-state index contributed by atoms with van der Waals surface area (Å²) in [7, 11) is 0. The lowest BCUT2D eigenvalue weighted by molar-refractivity contribution is -0.136. The average molecular weight is 256 g/mol. The summed E-state index contributed by atoms with van der Waals surface area (Å²) in [5.41, 5.74) is 0.914. The molecule has 0 aliphatic carbocycles. The number of nitrogens with zero attached hydrogens (tertiary/aromatic N) is 1. The fourth-order valence-electron chi connectivity index (χ4n) is 1.86. The number of anilines is 1. The number of hydrogen-bond acceptors (Lipinski definition) is 3. The van der Waals surface area contributed by atoms with Crippen molar-refractivity contribution in [2.24, 2.45) is 0 Å². The molecule has 2 rings (SSSR count). The predicted molar refractivity (Wildman–Crippen MR) is 66.0 cm³/mol. The summed E-state index contributed by atoms with van der Waals surface area (Å²) in [6.45, 7) is 1.69. The van der Waals surface area contributed by atoms with E-state index in [9.17, 15) is 4.79 Å². The standard InChI is InChI=1S/C12H14ClNO3/c13-9(12(15)16)8-14-6-3-7-17-11-5-2-1-4-10(11)14/h1-2,4-5,9H,3,6-8H2,(H,15,16). The molecule has 1 aromatic rings. The molecule has 1 N–H and O–H groups in total. The topological polar surface area (TPSA) is 49.8 Å². The van der Waals surface area contributed by atoms with E-state index in [2.05, 4.69) is 0 Å². The van der Waals surface area contributed by atoms with Crippen LogP contribution in [0.15, 0.2) is 24.3 Å². The van der Waals surface area contributed by atoms with E-state index in [1.165, 1.54) is 0 Å². The van der Waals surface area contributed by atoms with Gasteiger partial charge < -0.3 is 14.7 Å². The van der Waals surface area contributed by atoms with Gasteiger partial charge in [0.15, 0.2) is 0 Å². The second kappa shape index (κ2) is 5.27. The van der Waals surface area contributed by atoms with Gasteiger partial charge in [0.2, 0.25) is 0 Å². The molecule has 0 radical (unpaired) electrons. The van der Waals surface area contributed by atoms with Crippen LogP contribution < -0.4 is 9.64 Å². The first-order chi connectivity index (χ1) is 8.18. The van der Waals surface area contributed by atoms with Gasteiger partial charge in [-0.05, 0) is 18.6 Å². The van der Waals surface area contributed by atoms with E-state index in [0.717, 1.165) is 24.4 Å². The number of rotatable bonds is 3. The highest BCUT2D eigenvalue weighted by Gasteiger charge is 2.22. The SMILES string of the molecule is O=C(O)C(Cl)CN1CCCOc2ccccc21. The molecule has 17 heavy (non-hydrogen) atoms. The fourth-order valence-corrected chi connectivity index (χ4v) is 2.03. The zero-order valence-electron chi connectivity index (χ0n) is 9.30. The van der Waals surface area contributed by atoms with Crippen molar-refractivity contribution in [3.8, 4) is 5.75 Å². The van der Waals surface area contributed by atoms with E-state index in [0.29, 0.717) is 6.61 Å². The second-order valence-corrected chi connectivity index (χ2v) is 4.45. The first-order valence-corrected chi connectivity index (χ1v) is 5.96. The van der Waals surface area contributed by atoms with Gasteiger partial charge in [-0.15, -0.1) is 11.6 Å². The van der Waals surface area contributed by atoms with Gasteiger partial charge in [-0.1, -0.05) is 12.1 Å². The van der Waals surface area contributed by atoms with E-state index in [-0.39, 0.29) is 6.54 Å². The molecule has 0 aromatic heterocycles. The van der Waals surface area contributed by atoms with Crippen LogP contribution in [0, 0.1) is 0 Å². The van der Waals surface area contributed by atoms with Gasteiger partial charge in [-0.3, -0.25) is 4.79 Å². The van der Waals surface area contributed by atoms with Crippen LogP contribution >= 0.6 is 11.6 Å². The van der Waals surface area contributed by atoms with Crippen LogP contribution in [0.4, 0.5) is 5.69 Å². The highest BCUT2D eigenvalue weighted by atomic mass is 35.5. The maximum Gasteiger partial charge on any atom is 0.323 e. The quantitative estimate of drug-likeness (QED) is 0.839. The molecule has 4 nitrogen and oxygen atoms in total. The third kappa shape index (κ3) is 2.82. The van der Waals surface area contributed by atoms with E-state index in [4.69, 9.17) is 21.4 Å². The van der Waals surface area contributed by atoms with Crippen molar-refractivity contribution in [2.45, 2.75) is 11.8 Å². The van der Waals surface area contributed by atoms with Crippen molar-refractivity contribution in [1.82, 2.24) is 0 Å².